The van der Waals surface area contributed by atoms with E-state index in [0.29, 0.717) is 24.8 Å². The minimum absolute atomic E-state index is 0.118. The van der Waals surface area contributed by atoms with E-state index in [9.17, 15) is 29.3 Å². The molecular formula is C21H29FN4O7. The van der Waals surface area contributed by atoms with Gasteiger partial charge in [-0.2, -0.15) is 0 Å². The van der Waals surface area contributed by atoms with Gasteiger partial charge in [-0.1, -0.05) is 25.2 Å². The number of aryl methyl sites for hydroxylation is 1. The van der Waals surface area contributed by atoms with Crippen molar-refractivity contribution in [2.24, 2.45) is 11.7 Å². The molecule has 0 aromatic carbocycles. The van der Waals surface area contributed by atoms with Gasteiger partial charge < -0.3 is 35.8 Å². The number of nitrogens with zero attached hydrogens (tertiary/aromatic N) is 1. The second kappa shape index (κ2) is 10.9. The number of amides is 2. The van der Waals surface area contributed by atoms with Gasteiger partial charge in [0.1, 0.15) is 18.3 Å². The fourth-order valence-corrected chi connectivity index (χ4v) is 3.70. The largest absolute Gasteiger partial charge is 0.443 e. The summed E-state index contributed by atoms with van der Waals surface area (Å²) in [4.78, 5) is 22.9. The van der Waals surface area contributed by atoms with Crippen LogP contribution in [0.2, 0.25) is 0 Å². The van der Waals surface area contributed by atoms with Crippen molar-refractivity contribution in [3.05, 3.63) is 35.1 Å². The second-order valence-corrected chi connectivity index (χ2v) is 7.95. The van der Waals surface area contributed by atoms with Crippen LogP contribution >= 0.6 is 0 Å². The number of H-pyrrole nitrogens is 1. The minimum atomic E-state index is -1.96. The van der Waals surface area contributed by atoms with Crippen molar-refractivity contribution in [3.63, 3.8) is 0 Å². The molecule has 6 atom stereocenters. The lowest BCUT2D eigenvalue weighted by Crippen LogP contribution is -2.58. The molecule has 2 aliphatic rings. The lowest BCUT2D eigenvalue weighted by atomic mass is 9.92. The van der Waals surface area contributed by atoms with Gasteiger partial charge in [0.25, 0.3) is 0 Å². The van der Waals surface area contributed by atoms with Crippen molar-refractivity contribution in [2.45, 2.75) is 57.0 Å². The van der Waals surface area contributed by atoms with Crippen LogP contribution in [0.15, 0.2) is 23.8 Å². The van der Waals surface area contributed by atoms with Crippen molar-refractivity contribution >= 4 is 11.8 Å². The summed E-state index contributed by atoms with van der Waals surface area (Å²) in [5.41, 5.74) is 7.38. The lowest BCUT2D eigenvalue weighted by Gasteiger charge is -2.38. The Hall–Kier alpha value is -2.80. The van der Waals surface area contributed by atoms with Crippen molar-refractivity contribution in [3.8, 4) is 5.88 Å². The number of hydrogen-bond donors (Lipinski definition) is 6. The van der Waals surface area contributed by atoms with E-state index in [-0.39, 0.29) is 18.3 Å². The smallest absolute Gasteiger partial charge is 0.238 e. The van der Waals surface area contributed by atoms with Gasteiger partial charge in [-0.3, -0.25) is 14.7 Å². The van der Waals surface area contributed by atoms with Crippen LogP contribution in [0.1, 0.15) is 24.6 Å². The van der Waals surface area contributed by atoms with Gasteiger partial charge in [0.2, 0.25) is 24.0 Å². The number of carbonyl (C=O) groups excluding carboxylic acids is 2. The molecule has 1 fully saturated rings. The highest BCUT2D eigenvalue weighted by Crippen LogP contribution is 2.30. The first-order chi connectivity index (χ1) is 15.7. The van der Waals surface area contributed by atoms with Gasteiger partial charge >= 0.3 is 0 Å². The lowest BCUT2D eigenvalue weighted by molar-refractivity contribution is -0.265. The number of alkyl halides is 1. The summed E-state index contributed by atoms with van der Waals surface area (Å²) in [7, 11) is 0. The molecule has 1 aliphatic heterocycles. The van der Waals surface area contributed by atoms with Crippen LogP contribution in [0.25, 0.3) is 0 Å². The molecule has 0 radical (unpaired) electrons. The van der Waals surface area contributed by atoms with Crippen LogP contribution in [0.4, 0.5) is 4.39 Å². The van der Waals surface area contributed by atoms with Gasteiger partial charge in [0.05, 0.1) is 19.1 Å². The number of aliphatic hydroxyl groups excluding tert-OH is 3. The summed E-state index contributed by atoms with van der Waals surface area (Å²) in [6, 6.07) is 0. The van der Waals surface area contributed by atoms with E-state index in [0.717, 1.165) is 11.3 Å². The minimum Gasteiger partial charge on any atom is -0.443 e. The summed E-state index contributed by atoms with van der Waals surface area (Å²) >= 11 is 0. The number of carbonyl (C=O) groups is 2. The second-order valence-electron chi connectivity index (χ2n) is 7.95. The molecule has 11 nitrogen and oxygen atoms in total. The van der Waals surface area contributed by atoms with Gasteiger partial charge in [0.15, 0.2) is 6.17 Å². The highest BCUT2D eigenvalue weighted by Gasteiger charge is 2.46. The van der Waals surface area contributed by atoms with E-state index in [1.807, 2.05) is 13.0 Å². The fourth-order valence-electron chi connectivity index (χ4n) is 3.70. The predicted octanol–water partition coefficient (Wildman–Crippen LogP) is -1.23. The Labute approximate surface area is 189 Å². The molecule has 0 spiro atoms. The van der Waals surface area contributed by atoms with E-state index >= 15 is 0 Å². The van der Waals surface area contributed by atoms with Gasteiger partial charge in [-0.15, -0.1) is 5.10 Å². The molecule has 182 valence electrons. The number of nitrogens with two attached hydrogens (primary N) is 1. The SMILES string of the molecule is CCc1[nH]nc(OC2OC(CO)C(F)C(O)C2O)c1CC1=CCC(C(=O)NCC(N)=O)C=C1. The summed E-state index contributed by atoms with van der Waals surface area (Å²) in [5.74, 6) is -1.22. The summed E-state index contributed by atoms with van der Waals surface area (Å²) in [6.45, 7) is 1.000. The molecule has 1 aromatic heterocycles. The van der Waals surface area contributed by atoms with Gasteiger partial charge in [-0.05, 0) is 18.4 Å². The molecule has 1 saturated heterocycles. The third-order valence-electron chi connectivity index (χ3n) is 5.63. The first-order valence-electron chi connectivity index (χ1n) is 10.7. The standard InChI is InChI=1S/C21H29FN4O7/c1-2-13-12(7-10-3-5-11(6-4-10)19(31)24-8-15(23)28)20(26-25-13)33-21-18(30)17(29)16(22)14(9-27)32-21/h3-5,11,14,16-18,21,27,29-30H,2,6-9H2,1H3,(H2,23,28)(H,24,31)(H,25,26). The molecule has 1 aliphatic carbocycles. The number of allylic oxidation sites excluding steroid dienone is 3. The van der Waals surface area contributed by atoms with E-state index < -0.39 is 49.2 Å². The van der Waals surface area contributed by atoms with Crippen molar-refractivity contribution in [1.29, 1.82) is 0 Å². The molecule has 12 heteroatoms. The monoisotopic (exact) mass is 468 g/mol. The average molecular weight is 468 g/mol. The van der Waals surface area contributed by atoms with E-state index in [2.05, 4.69) is 15.5 Å². The third-order valence-corrected chi connectivity index (χ3v) is 5.63. The zero-order valence-electron chi connectivity index (χ0n) is 18.1. The van der Waals surface area contributed by atoms with Crippen LogP contribution < -0.4 is 15.8 Å². The fraction of sp³-hybridized carbons (Fsp3) is 0.571. The highest BCUT2D eigenvalue weighted by atomic mass is 19.1. The maximum absolute atomic E-state index is 14.0. The number of ether oxygens (including phenoxy) is 2. The van der Waals surface area contributed by atoms with Gasteiger partial charge in [-0.25, -0.2) is 4.39 Å². The zero-order chi connectivity index (χ0) is 24.1. The molecule has 3 rings (SSSR count). The Kier molecular flexibility index (Phi) is 8.19. The summed E-state index contributed by atoms with van der Waals surface area (Å²) in [6.07, 6.45) is -1.36. The number of nitrogens with one attached hydrogen (secondary N) is 2. The zero-order valence-corrected chi connectivity index (χ0v) is 18.1. The number of aliphatic hydroxyl groups is 3. The van der Waals surface area contributed by atoms with E-state index in [1.54, 1.807) is 12.2 Å². The topological polar surface area (TPSA) is 180 Å². The highest BCUT2D eigenvalue weighted by molar-refractivity contribution is 5.86. The Morgan fingerprint density at radius 2 is 2.15 bits per heavy atom. The number of aromatic amines is 1. The Morgan fingerprint density at radius 3 is 2.76 bits per heavy atom. The van der Waals surface area contributed by atoms with E-state index in [1.165, 1.54) is 0 Å². The first-order valence-corrected chi connectivity index (χ1v) is 10.7. The molecule has 1 aromatic rings. The Morgan fingerprint density at radius 1 is 1.39 bits per heavy atom. The number of primary amides is 1. The van der Waals surface area contributed by atoms with Crippen LogP contribution in [0.3, 0.4) is 0 Å². The molecule has 6 unspecified atom stereocenters. The molecule has 33 heavy (non-hydrogen) atoms. The Balaban J connectivity index is 1.69. The molecule has 0 saturated carbocycles. The summed E-state index contributed by atoms with van der Waals surface area (Å²) < 4.78 is 25.0. The van der Waals surface area contributed by atoms with Gasteiger partial charge in [0, 0.05) is 17.7 Å². The molecule has 2 amide bonds. The maximum Gasteiger partial charge on any atom is 0.238 e. The molecular weight excluding hydrogens is 439 g/mol. The van der Waals surface area contributed by atoms with Crippen LogP contribution in [-0.2, 0) is 27.2 Å². The van der Waals surface area contributed by atoms with Crippen LogP contribution in [0.5, 0.6) is 5.88 Å². The normalized spacial score (nSPS) is 29.4. The number of rotatable bonds is 9. The predicted molar refractivity (Wildman–Crippen MR) is 112 cm³/mol. The maximum atomic E-state index is 14.0. The number of aromatic nitrogens is 2. The van der Waals surface area contributed by atoms with Crippen molar-refractivity contribution in [1.82, 2.24) is 15.5 Å². The van der Waals surface area contributed by atoms with Crippen LogP contribution in [-0.4, -0.2) is 81.3 Å². The molecule has 2 heterocycles. The number of hydrogen-bond acceptors (Lipinski definition) is 8. The third kappa shape index (κ3) is 5.77. The molecule has 0 bridgehead atoms. The molecule has 7 N–H and O–H groups in total. The first kappa shape index (κ1) is 24.8. The van der Waals surface area contributed by atoms with Crippen LogP contribution in [0, 0.1) is 5.92 Å². The van der Waals surface area contributed by atoms with Crippen molar-refractivity contribution < 1.29 is 38.8 Å². The number of halogens is 1. The average Bonchev–Trinajstić information content (AvgIpc) is 3.19. The van der Waals surface area contributed by atoms with E-state index in [4.69, 9.17) is 15.2 Å². The van der Waals surface area contributed by atoms with Crippen molar-refractivity contribution in [2.75, 3.05) is 13.2 Å². The Bertz CT molecular complexity index is 916. The quantitative estimate of drug-likeness (QED) is 0.261. The summed E-state index contributed by atoms with van der Waals surface area (Å²) in [5, 5.41) is 38.8.